The van der Waals surface area contributed by atoms with Gasteiger partial charge in [0, 0.05) is 20.3 Å². The van der Waals surface area contributed by atoms with Crippen LogP contribution in [0.25, 0.3) is 10.2 Å². The predicted molar refractivity (Wildman–Crippen MR) is 76.8 cm³/mol. The normalized spacial score (nSPS) is 11.0. The topological polar surface area (TPSA) is 66.6 Å². The molecule has 104 valence electrons. The lowest BCUT2D eigenvalue weighted by Gasteiger charge is -2.09. The Hall–Kier alpha value is -1.37. The molecule has 1 aromatic carbocycles. The molecule has 0 radical (unpaired) electrons. The van der Waals surface area contributed by atoms with Crippen molar-refractivity contribution < 1.29 is 14.2 Å². The maximum Gasteiger partial charge on any atom is 0.144 e. The molecule has 0 aliphatic rings. The Morgan fingerprint density at radius 2 is 2.11 bits per heavy atom. The molecular formula is C13H18N2O3S. The first-order valence-corrected chi connectivity index (χ1v) is 7.02. The highest BCUT2D eigenvalue weighted by Gasteiger charge is 2.07. The average molecular weight is 282 g/mol. The molecule has 19 heavy (non-hydrogen) atoms. The Kier molecular flexibility index (Phi) is 5.38. The number of thiazole rings is 1. The number of fused-ring (bicyclic) bond motifs is 1. The number of ether oxygens (including phenoxy) is 3. The number of rotatable bonds is 8. The van der Waals surface area contributed by atoms with E-state index in [0.717, 1.165) is 16.6 Å². The Bertz CT molecular complexity index is 516. The van der Waals surface area contributed by atoms with Crippen molar-refractivity contribution >= 4 is 27.2 Å². The molecule has 0 aliphatic heterocycles. The zero-order chi connectivity index (χ0) is 13.5. The van der Waals surface area contributed by atoms with E-state index in [4.69, 9.17) is 19.9 Å². The minimum absolute atomic E-state index is 0.479. The van der Waals surface area contributed by atoms with Crippen LogP contribution in [-0.4, -0.2) is 38.5 Å². The number of methoxy groups -OCH3 is 1. The molecule has 0 bridgehead atoms. The lowest BCUT2D eigenvalue weighted by atomic mass is 10.2. The van der Waals surface area contributed by atoms with Crippen LogP contribution in [0.3, 0.4) is 0 Å². The first-order valence-electron chi connectivity index (χ1n) is 6.14. The van der Waals surface area contributed by atoms with Gasteiger partial charge in [-0.1, -0.05) is 0 Å². The van der Waals surface area contributed by atoms with E-state index in [2.05, 4.69) is 4.98 Å². The maximum absolute atomic E-state index is 6.01. The van der Waals surface area contributed by atoms with Crippen molar-refractivity contribution in [3.05, 3.63) is 17.6 Å². The van der Waals surface area contributed by atoms with Gasteiger partial charge in [-0.25, -0.2) is 4.98 Å². The Labute approximate surface area is 116 Å². The third-order valence-corrected chi connectivity index (χ3v) is 3.42. The van der Waals surface area contributed by atoms with Gasteiger partial charge in [0.25, 0.3) is 0 Å². The zero-order valence-corrected chi connectivity index (χ0v) is 11.7. The fourth-order valence-corrected chi connectivity index (χ4v) is 2.37. The highest BCUT2D eigenvalue weighted by molar-refractivity contribution is 7.16. The Morgan fingerprint density at radius 3 is 2.95 bits per heavy atom. The van der Waals surface area contributed by atoms with Gasteiger partial charge in [0.2, 0.25) is 0 Å². The number of benzene rings is 1. The second kappa shape index (κ2) is 7.28. The summed E-state index contributed by atoms with van der Waals surface area (Å²) < 4.78 is 17.0. The summed E-state index contributed by atoms with van der Waals surface area (Å²) >= 11 is 1.57. The van der Waals surface area contributed by atoms with Gasteiger partial charge in [-0.2, -0.15) is 0 Å². The van der Waals surface area contributed by atoms with Crippen molar-refractivity contribution in [3.8, 4) is 5.75 Å². The van der Waals surface area contributed by atoms with Crippen LogP contribution in [0.4, 0.5) is 5.69 Å². The van der Waals surface area contributed by atoms with E-state index in [1.165, 1.54) is 0 Å². The average Bonchev–Trinajstić information content (AvgIpc) is 2.89. The van der Waals surface area contributed by atoms with Crippen molar-refractivity contribution in [2.75, 3.05) is 39.3 Å². The molecule has 0 spiro atoms. The third-order valence-electron chi connectivity index (χ3n) is 2.62. The highest BCUT2D eigenvalue weighted by Crippen LogP contribution is 2.31. The third kappa shape index (κ3) is 3.79. The van der Waals surface area contributed by atoms with Crippen LogP contribution in [-0.2, 0) is 9.47 Å². The molecule has 6 heteroatoms. The summed E-state index contributed by atoms with van der Waals surface area (Å²) in [6.07, 6.45) is 0.892. The van der Waals surface area contributed by atoms with Gasteiger partial charge in [-0.15, -0.1) is 11.3 Å². The molecule has 1 heterocycles. The number of nitrogens with two attached hydrogens (primary N) is 1. The van der Waals surface area contributed by atoms with E-state index in [-0.39, 0.29) is 0 Å². The quantitative estimate of drug-likeness (QED) is 0.594. The summed E-state index contributed by atoms with van der Waals surface area (Å²) in [4.78, 5) is 4.23. The van der Waals surface area contributed by atoms with E-state index in [1.807, 2.05) is 12.1 Å². The van der Waals surface area contributed by atoms with Crippen molar-refractivity contribution in [2.45, 2.75) is 6.42 Å². The summed E-state index contributed by atoms with van der Waals surface area (Å²) in [7, 11) is 1.68. The van der Waals surface area contributed by atoms with Gasteiger partial charge in [0.1, 0.15) is 23.6 Å². The summed E-state index contributed by atoms with van der Waals surface area (Å²) in [6, 6.07) is 3.85. The molecular weight excluding hydrogens is 264 g/mol. The maximum atomic E-state index is 6.01. The first-order chi connectivity index (χ1) is 9.33. The first kappa shape index (κ1) is 14.0. The predicted octanol–water partition coefficient (Wildman–Crippen LogP) is 2.31. The molecule has 1 aromatic heterocycles. The minimum atomic E-state index is 0.479. The van der Waals surface area contributed by atoms with Gasteiger partial charge >= 0.3 is 0 Å². The van der Waals surface area contributed by atoms with Gasteiger partial charge in [0.15, 0.2) is 0 Å². The van der Waals surface area contributed by atoms with E-state index >= 15 is 0 Å². The monoisotopic (exact) mass is 282 g/mol. The van der Waals surface area contributed by atoms with Gasteiger partial charge in [-0.05, 0) is 18.6 Å². The number of nitrogens with zero attached hydrogens (tertiary/aromatic N) is 1. The van der Waals surface area contributed by atoms with Crippen molar-refractivity contribution in [2.24, 2.45) is 0 Å². The van der Waals surface area contributed by atoms with E-state index < -0.39 is 0 Å². The summed E-state index contributed by atoms with van der Waals surface area (Å²) in [5, 5.41) is 0. The SMILES string of the molecule is COCCCOCCOc1ccc2scnc2c1N. The molecule has 5 nitrogen and oxygen atoms in total. The van der Waals surface area contributed by atoms with Crippen LogP contribution in [0, 0.1) is 0 Å². The molecule has 0 aliphatic carbocycles. The summed E-state index contributed by atoms with van der Waals surface area (Å²) in [6.45, 7) is 2.41. The second-order valence-electron chi connectivity index (χ2n) is 3.98. The van der Waals surface area contributed by atoms with Crippen LogP contribution < -0.4 is 10.5 Å². The van der Waals surface area contributed by atoms with Crippen LogP contribution >= 0.6 is 11.3 Å². The number of hydrogen-bond acceptors (Lipinski definition) is 6. The van der Waals surface area contributed by atoms with Gasteiger partial charge in [0.05, 0.1) is 16.8 Å². The standard InChI is InChI=1S/C13H18N2O3S/c1-16-5-2-6-17-7-8-18-10-3-4-11-13(12(10)14)15-9-19-11/h3-4,9H,2,5-8,14H2,1H3. The van der Waals surface area contributed by atoms with Crippen LogP contribution in [0.15, 0.2) is 17.6 Å². The molecule has 0 atom stereocenters. The lowest BCUT2D eigenvalue weighted by Crippen LogP contribution is -2.09. The Balaban J connectivity index is 1.77. The molecule has 2 aromatic rings. The fraction of sp³-hybridized carbons (Fsp3) is 0.462. The number of aromatic nitrogens is 1. The lowest BCUT2D eigenvalue weighted by molar-refractivity contribution is 0.0808. The second-order valence-corrected chi connectivity index (χ2v) is 4.87. The van der Waals surface area contributed by atoms with Crippen LogP contribution in [0.1, 0.15) is 6.42 Å². The fourth-order valence-electron chi connectivity index (χ4n) is 1.68. The summed E-state index contributed by atoms with van der Waals surface area (Å²) in [5.74, 6) is 0.666. The van der Waals surface area contributed by atoms with Crippen molar-refractivity contribution in [3.63, 3.8) is 0 Å². The molecule has 0 fully saturated rings. The van der Waals surface area contributed by atoms with E-state index in [9.17, 15) is 0 Å². The molecule has 2 N–H and O–H groups in total. The number of nitrogen functional groups attached to an aromatic ring is 1. The minimum Gasteiger partial charge on any atom is -0.489 e. The van der Waals surface area contributed by atoms with Crippen molar-refractivity contribution in [1.29, 1.82) is 0 Å². The zero-order valence-electron chi connectivity index (χ0n) is 10.9. The molecule has 0 saturated heterocycles. The molecule has 0 amide bonds. The molecule has 2 rings (SSSR count). The van der Waals surface area contributed by atoms with Crippen molar-refractivity contribution in [1.82, 2.24) is 4.98 Å². The van der Waals surface area contributed by atoms with Crippen LogP contribution in [0.5, 0.6) is 5.75 Å². The molecule has 0 saturated carbocycles. The number of anilines is 1. The largest absolute Gasteiger partial charge is 0.489 e. The smallest absolute Gasteiger partial charge is 0.144 e. The Morgan fingerprint density at radius 1 is 1.21 bits per heavy atom. The highest BCUT2D eigenvalue weighted by atomic mass is 32.1. The summed E-state index contributed by atoms with van der Waals surface area (Å²) in [5.41, 5.74) is 9.19. The van der Waals surface area contributed by atoms with Gasteiger partial charge in [-0.3, -0.25) is 0 Å². The van der Waals surface area contributed by atoms with Crippen LogP contribution in [0.2, 0.25) is 0 Å². The van der Waals surface area contributed by atoms with E-state index in [0.29, 0.717) is 37.9 Å². The van der Waals surface area contributed by atoms with Gasteiger partial charge < -0.3 is 19.9 Å². The number of hydrogen-bond donors (Lipinski definition) is 1. The molecule has 0 unspecified atom stereocenters. The van der Waals surface area contributed by atoms with E-state index in [1.54, 1.807) is 24.0 Å².